The van der Waals surface area contributed by atoms with Crippen molar-refractivity contribution in [2.45, 2.75) is 38.5 Å². The highest BCUT2D eigenvalue weighted by Gasteiger charge is 2.19. The molecule has 3 nitrogen and oxygen atoms in total. The van der Waals surface area contributed by atoms with Crippen LogP contribution in [-0.4, -0.2) is 17.3 Å². The molecule has 1 aliphatic rings. The van der Waals surface area contributed by atoms with Crippen LogP contribution in [0.1, 0.15) is 38.5 Å². The molecule has 0 aromatic rings. The highest BCUT2D eigenvalue weighted by Crippen LogP contribution is 2.29. The number of carboxylic acids is 1. The minimum Gasteiger partial charge on any atom is -0.481 e. The van der Waals surface area contributed by atoms with Crippen LogP contribution in [0.15, 0.2) is 0 Å². The molecular weight excluding hydrogens is 166 g/mol. The first-order chi connectivity index (χ1) is 6.24. The normalized spacial score (nSPS) is 20.0. The van der Waals surface area contributed by atoms with Gasteiger partial charge in [-0.1, -0.05) is 25.7 Å². The summed E-state index contributed by atoms with van der Waals surface area (Å²) >= 11 is 0. The summed E-state index contributed by atoms with van der Waals surface area (Å²) in [5, 5.41) is 15.7. The molecule has 0 heterocycles. The van der Waals surface area contributed by atoms with E-state index in [4.69, 9.17) is 10.5 Å². The van der Waals surface area contributed by atoms with Gasteiger partial charge in [0.25, 0.3) is 0 Å². The molecule has 0 amide bonds. The minimum atomic E-state index is -0.854. The molecule has 1 unspecified atom stereocenters. The van der Waals surface area contributed by atoms with Crippen molar-refractivity contribution in [3.63, 3.8) is 0 Å². The summed E-state index contributed by atoms with van der Waals surface area (Å²) < 4.78 is 0. The van der Waals surface area contributed by atoms with Crippen LogP contribution in [-0.2, 0) is 4.79 Å². The first-order valence-corrected chi connectivity index (χ1v) is 4.97. The van der Waals surface area contributed by atoms with Crippen LogP contribution in [0.2, 0.25) is 0 Å². The maximum atomic E-state index is 10.6. The van der Waals surface area contributed by atoms with Crippen LogP contribution >= 0.6 is 0 Å². The van der Waals surface area contributed by atoms with Crippen molar-refractivity contribution in [3.8, 4) is 0 Å². The van der Waals surface area contributed by atoms with E-state index in [1.165, 1.54) is 25.7 Å². The molecule has 74 valence electrons. The standard InChI is InChI=1S/C10H17NO2/c11-7-9(10(12)13)6-5-8-3-1-2-4-8/h7-9,11H,1-6H2,(H,12,13). The third-order valence-electron chi connectivity index (χ3n) is 2.88. The van der Waals surface area contributed by atoms with Crippen LogP contribution in [0.25, 0.3) is 0 Å². The second-order valence-corrected chi connectivity index (χ2v) is 3.84. The Balaban J connectivity index is 2.22. The van der Waals surface area contributed by atoms with Gasteiger partial charge in [-0.15, -0.1) is 0 Å². The Morgan fingerprint density at radius 3 is 2.62 bits per heavy atom. The van der Waals surface area contributed by atoms with E-state index in [2.05, 4.69) is 0 Å². The topological polar surface area (TPSA) is 61.2 Å². The summed E-state index contributed by atoms with van der Waals surface area (Å²) in [6.45, 7) is 0. The molecule has 0 aromatic heterocycles. The van der Waals surface area contributed by atoms with Gasteiger partial charge in [-0.2, -0.15) is 0 Å². The Hall–Kier alpha value is -0.860. The fraction of sp³-hybridized carbons (Fsp3) is 0.800. The summed E-state index contributed by atoms with van der Waals surface area (Å²) in [6, 6.07) is 0. The molecule has 0 saturated heterocycles. The van der Waals surface area contributed by atoms with Gasteiger partial charge in [0.05, 0.1) is 5.92 Å². The van der Waals surface area contributed by atoms with Crippen LogP contribution in [0.4, 0.5) is 0 Å². The molecule has 2 N–H and O–H groups in total. The predicted octanol–water partition coefficient (Wildman–Crippen LogP) is 2.31. The van der Waals surface area contributed by atoms with Gasteiger partial charge in [-0.25, -0.2) is 0 Å². The molecule has 0 aliphatic heterocycles. The smallest absolute Gasteiger partial charge is 0.311 e. The first-order valence-electron chi connectivity index (χ1n) is 4.97. The van der Waals surface area contributed by atoms with Gasteiger partial charge in [-0.05, 0) is 18.8 Å². The molecule has 0 spiro atoms. The van der Waals surface area contributed by atoms with Gasteiger partial charge >= 0.3 is 5.97 Å². The molecule has 1 saturated carbocycles. The summed E-state index contributed by atoms with van der Waals surface area (Å²) in [6.07, 6.45) is 7.78. The number of hydrogen-bond donors (Lipinski definition) is 2. The van der Waals surface area contributed by atoms with E-state index < -0.39 is 11.9 Å². The molecule has 13 heavy (non-hydrogen) atoms. The van der Waals surface area contributed by atoms with Crippen molar-refractivity contribution < 1.29 is 9.90 Å². The van der Waals surface area contributed by atoms with E-state index in [0.29, 0.717) is 6.42 Å². The zero-order chi connectivity index (χ0) is 9.68. The number of carboxylic acid groups (broad SMARTS) is 1. The van der Waals surface area contributed by atoms with E-state index in [1.54, 1.807) is 0 Å². The maximum Gasteiger partial charge on any atom is 0.311 e. The molecule has 0 bridgehead atoms. The van der Waals surface area contributed by atoms with Gasteiger partial charge in [0.2, 0.25) is 0 Å². The van der Waals surface area contributed by atoms with E-state index in [0.717, 1.165) is 18.6 Å². The number of rotatable bonds is 5. The van der Waals surface area contributed by atoms with Crippen molar-refractivity contribution in [2.75, 3.05) is 0 Å². The fourth-order valence-electron chi connectivity index (χ4n) is 1.99. The lowest BCUT2D eigenvalue weighted by Gasteiger charge is -2.10. The zero-order valence-corrected chi connectivity index (χ0v) is 7.83. The highest BCUT2D eigenvalue weighted by molar-refractivity contribution is 5.87. The molecule has 1 rings (SSSR count). The van der Waals surface area contributed by atoms with Crippen molar-refractivity contribution in [1.82, 2.24) is 0 Å². The Bertz CT molecular complexity index is 185. The molecule has 1 fully saturated rings. The summed E-state index contributed by atoms with van der Waals surface area (Å²) in [5.41, 5.74) is 0. The lowest BCUT2D eigenvalue weighted by molar-refractivity contribution is -0.139. The molecule has 0 radical (unpaired) electrons. The van der Waals surface area contributed by atoms with Crippen molar-refractivity contribution in [1.29, 1.82) is 5.41 Å². The molecule has 0 aromatic carbocycles. The summed E-state index contributed by atoms with van der Waals surface area (Å²) in [5.74, 6) is -0.685. The number of hydrogen-bond acceptors (Lipinski definition) is 2. The SMILES string of the molecule is N=CC(CCC1CCCC1)C(=O)O. The summed E-state index contributed by atoms with van der Waals surface area (Å²) in [7, 11) is 0. The lowest BCUT2D eigenvalue weighted by Crippen LogP contribution is -2.15. The average Bonchev–Trinajstić information content (AvgIpc) is 2.57. The second kappa shape index (κ2) is 5.00. The van der Waals surface area contributed by atoms with Gasteiger partial charge in [0, 0.05) is 6.21 Å². The second-order valence-electron chi connectivity index (χ2n) is 3.84. The highest BCUT2D eigenvalue weighted by atomic mass is 16.4. The predicted molar refractivity (Wildman–Crippen MR) is 51.1 cm³/mol. The Morgan fingerprint density at radius 1 is 1.54 bits per heavy atom. The van der Waals surface area contributed by atoms with E-state index in [9.17, 15) is 4.79 Å². The number of nitrogens with one attached hydrogen (secondary N) is 1. The Morgan fingerprint density at radius 2 is 2.15 bits per heavy atom. The van der Waals surface area contributed by atoms with Gasteiger partial charge in [0.1, 0.15) is 0 Å². The molecule has 1 aliphatic carbocycles. The van der Waals surface area contributed by atoms with Crippen LogP contribution in [0.5, 0.6) is 0 Å². The van der Waals surface area contributed by atoms with Crippen LogP contribution in [0.3, 0.4) is 0 Å². The van der Waals surface area contributed by atoms with E-state index in [-0.39, 0.29) is 0 Å². The van der Waals surface area contributed by atoms with Gasteiger partial charge < -0.3 is 10.5 Å². The van der Waals surface area contributed by atoms with Crippen molar-refractivity contribution in [2.24, 2.45) is 11.8 Å². The zero-order valence-electron chi connectivity index (χ0n) is 7.83. The largest absolute Gasteiger partial charge is 0.481 e. The fourth-order valence-corrected chi connectivity index (χ4v) is 1.99. The monoisotopic (exact) mass is 183 g/mol. The van der Waals surface area contributed by atoms with Gasteiger partial charge in [0.15, 0.2) is 0 Å². The van der Waals surface area contributed by atoms with Crippen molar-refractivity contribution >= 4 is 12.2 Å². The number of aliphatic carboxylic acids is 1. The maximum absolute atomic E-state index is 10.6. The van der Waals surface area contributed by atoms with E-state index >= 15 is 0 Å². The molecule has 3 heteroatoms. The lowest BCUT2D eigenvalue weighted by atomic mass is 9.95. The van der Waals surface area contributed by atoms with Crippen molar-refractivity contribution in [3.05, 3.63) is 0 Å². The molecular formula is C10H17NO2. The van der Waals surface area contributed by atoms with Crippen LogP contribution < -0.4 is 0 Å². The van der Waals surface area contributed by atoms with E-state index in [1.807, 2.05) is 0 Å². The summed E-state index contributed by atoms with van der Waals surface area (Å²) in [4.78, 5) is 10.6. The first kappa shape index (κ1) is 10.2. The minimum absolute atomic E-state index is 0.555. The third-order valence-corrected chi connectivity index (χ3v) is 2.88. The Labute approximate surface area is 78.7 Å². The molecule has 1 atom stereocenters. The van der Waals surface area contributed by atoms with Gasteiger partial charge in [-0.3, -0.25) is 4.79 Å². The quantitative estimate of drug-likeness (QED) is 0.642. The number of carbonyl (C=O) groups is 1. The third kappa shape index (κ3) is 3.17. The van der Waals surface area contributed by atoms with Crippen LogP contribution in [0, 0.1) is 17.2 Å². The average molecular weight is 183 g/mol. The Kier molecular flexibility index (Phi) is 3.93.